The van der Waals surface area contributed by atoms with Gasteiger partial charge < -0.3 is 15.4 Å². The Hall–Kier alpha value is -1.43. The van der Waals surface area contributed by atoms with Crippen molar-refractivity contribution in [2.45, 2.75) is 57.8 Å². The highest BCUT2D eigenvalue weighted by Gasteiger charge is 2.27. The minimum atomic E-state index is -0.256. The van der Waals surface area contributed by atoms with E-state index in [1.807, 2.05) is 6.92 Å². The first-order valence-electron chi connectivity index (χ1n) is 9.65. The average molecular weight is 345 g/mol. The van der Waals surface area contributed by atoms with Crippen LogP contribution in [0.1, 0.15) is 43.7 Å². The first kappa shape index (κ1) is 18.4. The number of rotatable bonds is 5. The zero-order valence-corrected chi connectivity index (χ0v) is 15.3. The third-order valence-electron chi connectivity index (χ3n) is 5.16. The topological polar surface area (TPSA) is 53.6 Å². The number of hydrogen-bond donors (Lipinski definition) is 2. The molecule has 5 heteroatoms. The molecule has 0 saturated carbocycles. The highest BCUT2D eigenvalue weighted by Crippen LogP contribution is 2.14. The standard InChI is InChI=1S/C20H31N3O2/c1-16-19(21-9-12-25-16)20(24)22-14-17-7-6-8-18(13-17)15-23-10-4-2-3-5-11-23/h6-8,13,16,19,21H,2-5,9-12,14-15H2,1H3,(H,22,24)/t16-,19+/m1/s1. The second-order valence-electron chi connectivity index (χ2n) is 7.24. The van der Waals surface area contributed by atoms with Gasteiger partial charge in [0.15, 0.2) is 0 Å². The molecule has 2 aliphatic heterocycles. The van der Waals surface area contributed by atoms with Gasteiger partial charge in [-0.15, -0.1) is 0 Å². The van der Waals surface area contributed by atoms with Crippen molar-refractivity contribution in [1.82, 2.24) is 15.5 Å². The van der Waals surface area contributed by atoms with Crippen LogP contribution in [-0.4, -0.2) is 49.2 Å². The van der Waals surface area contributed by atoms with Gasteiger partial charge in [0, 0.05) is 19.6 Å². The molecule has 3 rings (SSSR count). The molecule has 2 N–H and O–H groups in total. The summed E-state index contributed by atoms with van der Waals surface area (Å²) in [5, 5.41) is 6.28. The van der Waals surface area contributed by atoms with Crippen LogP contribution in [0.25, 0.3) is 0 Å². The molecule has 2 fully saturated rings. The lowest BCUT2D eigenvalue weighted by molar-refractivity contribution is -0.129. The number of likely N-dealkylation sites (tertiary alicyclic amines) is 1. The Kier molecular flexibility index (Phi) is 6.84. The molecule has 0 spiro atoms. The summed E-state index contributed by atoms with van der Waals surface area (Å²) in [4.78, 5) is 14.9. The molecule has 0 unspecified atom stereocenters. The van der Waals surface area contributed by atoms with E-state index in [-0.39, 0.29) is 18.1 Å². The van der Waals surface area contributed by atoms with E-state index in [1.165, 1.54) is 44.3 Å². The molecule has 0 bridgehead atoms. The maximum absolute atomic E-state index is 12.4. The quantitative estimate of drug-likeness (QED) is 0.858. The lowest BCUT2D eigenvalue weighted by atomic mass is 10.1. The minimum Gasteiger partial charge on any atom is -0.375 e. The van der Waals surface area contributed by atoms with Gasteiger partial charge in [-0.3, -0.25) is 9.69 Å². The van der Waals surface area contributed by atoms with Crippen molar-refractivity contribution < 1.29 is 9.53 Å². The molecule has 1 aromatic rings. The Morgan fingerprint density at radius 3 is 2.76 bits per heavy atom. The van der Waals surface area contributed by atoms with Crippen LogP contribution in [0.3, 0.4) is 0 Å². The van der Waals surface area contributed by atoms with E-state index in [1.54, 1.807) is 0 Å². The average Bonchev–Trinajstić information content (AvgIpc) is 2.89. The van der Waals surface area contributed by atoms with E-state index < -0.39 is 0 Å². The van der Waals surface area contributed by atoms with Gasteiger partial charge in [-0.1, -0.05) is 37.1 Å². The molecule has 2 saturated heterocycles. The van der Waals surface area contributed by atoms with Crippen molar-refractivity contribution in [2.24, 2.45) is 0 Å². The van der Waals surface area contributed by atoms with E-state index >= 15 is 0 Å². The van der Waals surface area contributed by atoms with Crippen molar-refractivity contribution >= 4 is 5.91 Å². The Labute approximate surface area is 151 Å². The van der Waals surface area contributed by atoms with Gasteiger partial charge in [-0.25, -0.2) is 0 Å². The third kappa shape index (κ3) is 5.53. The highest BCUT2D eigenvalue weighted by atomic mass is 16.5. The van der Waals surface area contributed by atoms with Crippen LogP contribution in [0.2, 0.25) is 0 Å². The van der Waals surface area contributed by atoms with Crippen LogP contribution in [0.5, 0.6) is 0 Å². The van der Waals surface area contributed by atoms with Gasteiger partial charge >= 0.3 is 0 Å². The third-order valence-corrected chi connectivity index (χ3v) is 5.16. The van der Waals surface area contributed by atoms with Gasteiger partial charge in [0.05, 0.1) is 12.7 Å². The van der Waals surface area contributed by atoms with Crippen LogP contribution >= 0.6 is 0 Å². The predicted octanol–water partition coefficient (Wildman–Crippen LogP) is 2.06. The van der Waals surface area contributed by atoms with E-state index in [4.69, 9.17) is 4.74 Å². The number of nitrogens with zero attached hydrogens (tertiary/aromatic N) is 1. The summed E-state index contributed by atoms with van der Waals surface area (Å²) in [5.41, 5.74) is 2.49. The predicted molar refractivity (Wildman–Crippen MR) is 99.2 cm³/mol. The summed E-state index contributed by atoms with van der Waals surface area (Å²) >= 11 is 0. The van der Waals surface area contributed by atoms with Crippen LogP contribution in [0.4, 0.5) is 0 Å². The number of morpholine rings is 1. The van der Waals surface area contributed by atoms with Gasteiger partial charge in [0.1, 0.15) is 6.04 Å². The summed E-state index contributed by atoms with van der Waals surface area (Å²) in [7, 11) is 0. The lowest BCUT2D eigenvalue weighted by Gasteiger charge is -2.29. The molecule has 0 aromatic heterocycles. The summed E-state index contributed by atoms with van der Waals surface area (Å²) in [6.45, 7) is 7.32. The number of ether oxygens (including phenoxy) is 1. The molecule has 2 atom stereocenters. The van der Waals surface area contributed by atoms with Crippen molar-refractivity contribution in [3.63, 3.8) is 0 Å². The van der Waals surface area contributed by atoms with Gasteiger partial charge in [0.2, 0.25) is 5.91 Å². The van der Waals surface area contributed by atoms with Crippen LogP contribution < -0.4 is 10.6 Å². The number of carbonyl (C=O) groups excluding carboxylic acids is 1. The van der Waals surface area contributed by atoms with Crippen LogP contribution in [-0.2, 0) is 22.6 Å². The summed E-state index contributed by atoms with van der Waals surface area (Å²) in [6.07, 6.45) is 5.26. The fourth-order valence-corrected chi connectivity index (χ4v) is 3.72. The molecular formula is C20H31N3O2. The van der Waals surface area contributed by atoms with Crippen LogP contribution in [0.15, 0.2) is 24.3 Å². The Bertz CT molecular complexity index is 556. The highest BCUT2D eigenvalue weighted by molar-refractivity contribution is 5.82. The fourth-order valence-electron chi connectivity index (χ4n) is 3.72. The molecule has 2 aliphatic rings. The molecule has 1 amide bonds. The van der Waals surface area contributed by atoms with Crippen molar-refractivity contribution in [3.05, 3.63) is 35.4 Å². The molecule has 2 heterocycles. The summed E-state index contributed by atoms with van der Waals surface area (Å²) in [6, 6.07) is 8.34. The first-order valence-corrected chi connectivity index (χ1v) is 9.65. The fraction of sp³-hybridized carbons (Fsp3) is 0.650. The number of hydrogen-bond acceptors (Lipinski definition) is 4. The van der Waals surface area contributed by atoms with E-state index in [2.05, 4.69) is 39.8 Å². The SMILES string of the molecule is C[C@H]1OCCN[C@@H]1C(=O)NCc1cccc(CN2CCCCCC2)c1. The molecule has 1 aromatic carbocycles. The molecule has 0 radical (unpaired) electrons. The van der Waals surface area contributed by atoms with Crippen molar-refractivity contribution in [3.8, 4) is 0 Å². The van der Waals surface area contributed by atoms with Crippen LogP contribution in [0, 0.1) is 0 Å². The Morgan fingerprint density at radius 2 is 2.00 bits per heavy atom. The van der Waals surface area contributed by atoms with Crippen molar-refractivity contribution in [2.75, 3.05) is 26.2 Å². The first-order chi connectivity index (χ1) is 12.2. The number of amides is 1. The summed E-state index contributed by atoms with van der Waals surface area (Å²) < 4.78 is 5.55. The van der Waals surface area contributed by atoms with E-state index in [9.17, 15) is 4.79 Å². The molecular weight excluding hydrogens is 314 g/mol. The van der Waals surface area contributed by atoms with E-state index in [0.717, 1.165) is 18.7 Å². The normalized spacial score (nSPS) is 25.3. The second kappa shape index (κ2) is 9.32. The van der Waals surface area contributed by atoms with E-state index in [0.29, 0.717) is 13.2 Å². The van der Waals surface area contributed by atoms with Gasteiger partial charge in [-0.2, -0.15) is 0 Å². The van der Waals surface area contributed by atoms with Gasteiger partial charge in [-0.05, 0) is 44.0 Å². The van der Waals surface area contributed by atoms with Crippen molar-refractivity contribution in [1.29, 1.82) is 0 Å². The Morgan fingerprint density at radius 1 is 1.24 bits per heavy atom. The largest absolute Gasteiger partial charge is 0.375 e. The molecule has 25 heavy (non-hydrogen) atoms. The number of benzene rings is 1. The second-order valence-corrected chi connectivity index (χ2v) is 7.24. The molecule has 138 valence electrons. The Balaban J connectivity index is 1.51. The molecule has 0 aliphatic carbocycles. The zero-order chi connectivity index (χ0) is 17.5. The number of nitrogens with one attached hydrogen (secondary N) is 2. The minimum absolute atomic E-state index is 0.0186. The maximum atomic E-state index is 12.4. The zero-order valence-electron chi connectivity index (χ0n) is 15.3. The number of carbonyl (C=O) groups is 1. The smallest absolute Gasteiger partial charge is 0.240 e. The summed E-state index contributed by atoms with van der Waals surface area (Å²) in [5.74, 6) is 0.0186. The maximum Gasteiger partial charge on any atom is 0.240 e. The lowest BCUT2D eigenvalue weighted by Crippen LogP contribution is -2.55. The van der Waals surface area contributed by atoms with Gasteiger partial charge in [0.25, 0.3) is 0 Å². The monoisotopic (exact) mass is 345 g/mol. The molecule has 5 nitrogen and oxygen atoms in total.